The zero-order valence-corrected chi connectivity index (χ0v) is 52.8. The molecule has 17 rings (SSSR count). The molecule has 14 aromatic carbocycles. The van der Waals surface area contributed by atoms with Crippen molar-refractivity contribution in [3.8, 4) is 142 Å². The van der Waals surface area contributed by atoms with E-state index in [1.807, 2.05) is 115 Å². The van der Waals surface area contributed by atoms with Gasteiger partial charge < -0.3 is 9.13 Å². The van der Waals surface area contributed by atoms with E-state index in [0.717, 1.165) is 122 Å². The van der Waals surface area contributed by atoms with Gasteiger partial charge in [0.15, 0.2) is 17.5 Å². The lowest BCUT2D eigenvalue weighted by atomic mass is 9.93. The van der Waals surface area contributed by atoms with Crippen LogP contribution >= 0.6 is 0 Å². The summed E-state index contributed by atoms with van der Waals surface area (Å²) in [5.41, 5.74) is 22.8. The third-order valence-electron chi connectivity index (χ3n) is 18.7. The minimum atomic E-state index is 0.358. The van der Waals surface area contributed by atoms with Crippen LogP contribution in [0.4, 0.5) is 0 Å². The molecule has 0 unspecified atom stereocenters. The highest BCUT2D eigenvalue weighted by Gasteiger charge is 2.25. The highest BCUT2D eigenvalue weighted by atomic mass is 15.0. The second-order valence-corrected chi connectivity index (χ2v) is 24.4. The minimum absolute atomic E-state index is 0.358. The van der Waals surface area contributed by atoms with Crippen molar-refractivity contribution < 1.29 is 0 Å². The fourth-order valence-electron chi connectivity index (χ4n) is 14.1. The van der Waals surface area contributed by atoms with Crippen LogP contribution in [0.3, 0.4) is 0 Å². The molecule has 98 heavy (non-hydrogen) atoms. The van der Waals surface area contributed by atoms with E-state index < -0.39 is 0 Å². The predicted molar refractivity (Wildman–Crippen MR) is 397 cm³/mol. The van der Waals surface area contributed by atoms with Crippen LogP contribution in [0.15, 0.2) is 328 Å². The molecule has 454 valence electrons. The molecule has 0 aliphatic carbocycles. The Bertz CT molecular complexity index is 5630. The molecule has 0 bridgehead atoms. The maximum Gasteiger partial charge on any atom is 0.164 e. The Morgan fingerprint density at radius 2 is 0.531 bits per heavy atom. The topological polar surface area (TPSA) is 120 Å². The maximum absolute atomic E-state index is 11.0. The Hall–Kier alpha value is -13.8. The second kappa shape index (κ2) is 24.6. The van der Waals surface area contributed by atoms with Gasteiger partial charge in [-0.05, 0) is 176 Å². The van der Waals surface area contributed by atoms with Crippen molar-refractivity contribution in [3.63, 3.8) is 0 Å². The summed E-state index contributed by atoms with van der Waals surface area (Å²) in [5.74, 6) is 1.10. The Balaban J connectivity index is 0.914. The molecular formula is C90H54N8. The van der Waals surface area contributed by atoms with Crippen LogP contribution in [0, 0.1) is 34.0 Å². The maximum atomic E-state index is 11.0. The van der Waals surface area contributed by atoms with Crippen molar-refractivity contribution >= 4 is 43.6 Å². The molecule has 0 saturated carbocycles. The number of hydrogen-bond acceptors (Lipinski definition) is 6. The Morgan fingerprint density at radius 3 is 0.888 bits per heavy atom. The quantitative estimate of drug-likeness (QED) is 0.120. The fourth-order valence-corrected chi connectivity index (χ4v) is 14.1. The molecule has 8 heteroatoms. The van der Waals surface area contributed by atoms with E-state index in [-0.39, 0.29) is 0 Å². The van der Waals surface area contributed by atoms with Gasteiger partial charge >= 0.3 is 0 Å². The predicted octanol–water partition coefficient (Wildman–Crippen LogP) is 22.4. The zero-order valence-electron chi connectivity index (χ0n) is 52.8. The summed E-state index contributed by atoms with van der Waals surface area (Å²) >= 11 is 0. The van der Waals surface area contributed by atoms with E-state index in [2.05, 4.69) is 234 Å². The highest BCUT2D eigenvalue weighted by Crippen LogP contribution is 2.45. The lowest BCUT2D eigenvalue weighted by Gasteiger charge is -2.18. The van der Waals surface area contributed by atoms with Crippen LogP contribution in [0.1, 0.15) is 16.7 Å². The van der Waals surface area contributed by atoms with Crippen LogP contribution in [0.25, 0.3) is 167 Å². The van der Waals surface area contributed by atoms with E-state index in [1.165, 1.54) is 0 Å². The first-order valence-electron chi connectivity index (χ1n) is 32.5. The van der Waals surface area contributed by atoms with Gasteiger partial charge in [0, 0.05) is 60.7 Å². The molecule has 0 aliphatic rings. The molecule has 0 aliphatic heterocycles. The van der Waals surface area contributed by atoms with Crippen LogP contribution in [0.5, 0.6) is 0 Å². The lowest BCUT2D eigenvalue weighted by Crippen LogP contribution is -2.04. The summed E-state index contributed by atoms with van der Waals surface area (Å²) in [6.07, 6.45) is 0. The van der Waals surface area contributed by atoms with Gasteiger partial charge in [-0.2, -0.15) is 15.8 Å². The standard InChI is InChI=1S/C90H54N8/c91-55-58-20-19-31-67(48-58)72-32-17-18-35-75(72)88-94-89(76-42-40-70(53-78(76)73-33-15-13-29-68(73)56-92)97-84-44-36-63(59-21-5-1-6-22-59)49-80(84)81-50-64(37-45-85(81)97)60-23-7-2-8-24-60)96-90(95-88)77-43-41-71(54-79(77)74-34-16-14-30-69(74)57-93)98-86-46-38-65(61-25-9-3-10-26-61)51-82(86)83-52-66(39-47-87(83)98)62-27-11-4-12-28-62/h1-54H. The van der Waals surface area contributed by atoms with Crippen LogP contribution in [0.2, 0.25) is 0 Å². The van der Waals surface area contributed by atoms with Crippen molar-refractivity contribution in [1.82, 2.24) is 24.1 Å². The molecule has 3 aromatic heterocycles. The van der Waals surface area contributed by atoms with Gasteiger partial charge in [-0.25, -0.2) is 15.0 Å². The molecule has 0 N–H and O–H groups in total. The molecule has 0 radical (unpaired) electrons. The van der Waals surface area contributed by atoms with Gasteiger partial charge in [-0.15, -0.1) is 0 Å². The SMILES string of the molecule is N#Cc1cccc(-c2ccccc2-c2nc(-c3ccc(-n4c5ccc(-c6ccccc6)cc5c5cc(-c6ccccc6)ccc54)cc3-c3ccccc3C#N)nc(-c3ccc(-n4c5ccc(-c6ccccc6)cc5c5cc(-c6ccccc6)ccc54)cc3-c3ccccc3C#N)n2)c1. The number of rotatable bonds is 12. The van der Waals surface area contributed by atoms with Crippen molar-refractivity contribution in [2.24, 2.45) is 0 Å². The first kappa shape index (κ1) is 58.0. The smallest absolute Gasteiger partial charge is 0.164 e. The summed E-state index contributed by atoms with van der Waals surface area (Å²) in [6.45, 7) is 0. The monoisotopic (exact) mass is 1250 g/mol. The third-order valence-corrected chi connectivity index (χ3v) is 18.7. The molecule has 0 fully saturated rings. The highest BCUT2D eigenvalue weighted by molar-refractivity contribution is 6.13. The third kappa shape index (κ3) is 10.3. The van der Waals surface area contributed by atoms with Crippen molar-refractivity contribution in [2.75, 3.05) is 0 Å². The van der Waals surface area contributed by atoms with Crippen molar-refractivity contribution in [2.45, 2.75) is 0 Å². The largest absolute Gasteiger partial charge is 0.309 e. The number of aromatic nitrogens is 5. The van der Waals surface area contributed by atoms with Crippen LogP contribution < -0.4 is 0 Å². The van der Waals surface area contributed by atoms with Crippen LogP contribution in [-0.2, 0) is 0 Å². The molecule has 17 aromatic rings. The number of hydrogen-bond donors (Lipinski definition) is 0. The molecule has 0 saturated heterocycles. The Kier molecular flexibility index (Phi) is 14.5. The first-order valence-corrected chi connectivity index (χ1v) is 32.5. The van der Waals surface area contributed by atoms with E-state index in [4.69, 9.17) is 15.0 Å². The average Bonchev–Trinajstić information content (AvgIpc) is 1.51. The van der Waals surface area contributed by atoms with Gasteiger partial charge in [0.25, 0.3) is 0 Å². The van der Waals surface area contributed by atoms with Gasteiger partial charge in [-0.3, -0.25) is 0 Å². The van der Waals surface area contributed by atoms with Gasteiger partial charge in [0.2, 0.25) is 0 Å². The summed E-state index contributed by atoms with van der Waals surface area (Å²) in [6, 6.07) is 120. The number of nitrogens with zero attached hydrogens (tertiary/aromatic N) is 8. The Labute approximate surface area is 566 Å². The van der Waals surface area contributed by atoms with Gasteiger partial charge in [0.05, 0.1) is 57.0 Å². The van der Waals surface area contributed by atoms with E-state index in [9.17, 15) is 15.8 Å². The van der Waals surface area contributed by atoms with Crippen LogP contribution in [-0.4, -0.2) is 24.1 Å². The molecular weight excluding hydrogens is 1190 g/mol. The van der Waals surface area contributed by atoms with E-state index >= 15 is 0 Å². The summed E-state index contributed by atoms with van der Waals surface area (Å²) in [7, 11) is 0. The first-order chi connectivity index (χ1) is 48.4. The number of nitriles is 3. The lowest BCUT2D eigenvalue weighted by molar-refractivity contribution is 1.07. The fraction of sp³-hybridized carbons (Fsp3) is 0. The Morgan fingerprint density at radius 1 is 0.214 bits per heavy atom. The normalized spacial score (nSPS) is 11.2. The molecule has 0 spiro atoms. The van der Waals surface area contributed by atoms with Crippen molar-refractivity contribution in [1.29, 1.82) is 15.8 Å². The molecule has 0 atom stereocenters. The summed E-state index contributed by atoms with van der Waals surface area (Å²) in [4.78, 5) is 16.7. The minimum Gasteiger partial charge on any atom is -0.309 e. The molecule has 3 heterocycles. The van der Waals surface area contributed by atoms with Gasteiger partial charge in [-0.1, -0.05) is 218 Å². The summed E-state index contributed by atoms with van der Waals surface area (Å²) in [5, 5.41) is 36.7. The average molecular weight is 1250 g/mol. The number of fused-ring (bicyclic) bond motifs is 6. The molecule has 8 nitrogen and oxygen atoms in total. The number of benzene rings is 14. The zero-order chi connectivity index (χ0) is 65.6. The second-order valence-electron chi connectivity index (χ2n) is 24.4. The summed E-state index contributed by atoms with van der Waals surface area (Å²) < 4.78 is 4.63. The van der Waals surface area contributed by atoms with Crippen molar-refractivity contribution in [3.05, 3.63) is 344 Å². The van der Waals surface area contributed by atoms with E-state index in [1.54, 1.807) is 6.07 Å². The molecule has 0 amide bonds. The van der Waals surface area contributed by atoms with Gasteiger partial charge in [0.1, 0.15) is 0 Å². The van der Waals surface area contributed by atoms with E-state index in [0.29, 0.717) is 62.0 Å².